The van der Waals surface area contributed by atoms with Crippen LogP contribution in [0.4, 0.5) is 5.95 Å². The smallest absolute Gasteiger partial charge is 0.325 e. The van der Waals surface area contributed by atoms with E-state index in [-0.39, 0.29) is 12.5 Å². The Bertz CT molecular complexity index is 332. The molecule has 0 unspecified atom stereocenters. The summed E-state index contributed by atoms with van der Waals surface area (Å²) in [5.74, 6) is 0.154. The number of aryl methyl sites for hydroxylation is 2. The van der Waals surface area contributed by atoms with Gasteiger partial charge in [-0.2, -0.15) is 0 Å². The highest BCUT2D eigenvalue weighted by atomic mass is 16.5. The third-order valence-corrected chi connectivity index (χ3v) is 1.68. The molecule has 0 aliphatic carbocycles. The number of esters is 1. The van der Waals surface area contributed by atoms with Crippen LogP contribution in [0, 0.1) is 13.8 Å². The molecule has 0 saturated carbocycles. The predicted octanol–water partition coefficient (Wildman–Crippen LogP) is 1.07. The van der Waals surface area contributed by atoms with Crippen molar-refractivity contribution in [1.82, 2.24) is 9.97 Å². The maximum absolute atomic E-state index is 11.0. The Labute approximate surface area is 88.9 Å². The molecule has 0 aliphatic heterocycles. The fraction of sp³-hybridized carbons (Fsp3) is 0.500. The van der Waals surface area contributed by atoms with Gasteiger partial charge in [0.1, 0.15) is 6.54 Å². The quantitative estimate of drug-likeness (QED) is 0.751. The van der Waals surface area contributed by atoms with E-state index in [0.717, 1.165) is 11.4 Å². The van der Waals surface area contributed by atoms with Crippen LogP contribution in [0.5, 0.6) is 0 Å². The van der Waals surface area contributed by atoms with Gasteiger partial charge in [-0.05, 0) is 26.8 Å². The Morgan fingerprint density at radius 2 is 2.00 bits per heavy atom. The van der Waals surface area contributed by atoms with Crippen LogP contribution in [0.2, 0.25) is 0 Å². The molecule has 5 heteroatoms. The molecule has 0 atom stereocenters. The van der Waals surface area contributed by atoms with Crippen LogP contribution in [0.25, 0.3) is 0 Å². The molecule has 1 aromatic heterocycles. The third kappa shape index (κ3) is 3.93. The summed E-state index contributed by atoms with van der Waals surface area (Å²) in [5, 5.41) is 2.81. The minimum Gasteiger partial charge on any atom is -0.465 e. The minimum atomic E-state index is -0.305. The van der Waals surface area contributed by atoms with Crippen molar-refractivity contribution in [3.63, 3.8) is 0 Å². The van der Waals surface area contributed by atoms with Gasteiger partial charge in [0, 0.05) is 11.4 Å². The summed E-state index contributed by atoms with van der Waals surface area (Å²) in [5.41, 5.74) is 1.74. The summed E-state index contributed by atoms with van der Waals surface area (Å²) in [6, 6.07) is 1.87. The normalized spacial score (nSPS) is 9.80. The van der Waals surface area contributed by atoms with Crippen molar-refractivity contribution in [3.8, 4) is 0 Å². The number of aromatic nitrogens is 2. The van der Waals surface area contributed by atoms with Crippen molar-refractivity contribution in [2.24, 2.45) is 0 Å². The molecule has 0 spiro atoms. The average Bonchev–Trinajstić information content (AvgIpc) is 2.14. The number of nitrogens with one attached hydrogen (secondary N) is 1. The second-order valence-corrected chi connectivity index (χ2v) is 3.13. The first-order chi connectivity index (χ1) is 7.11. The lowest BCUT2D eigenvalue weighted by atomic mass is 10.4. The molecule has 5 nitrogen and oxygen atoms in total. The van der Waals surface area contributed by atoms with Crippen molar-refractivity contribution < 1.29 is 9.53 Å². The highest BCUT2D eigenvalue weighted by Crippen LogP contribution is 2.02. The summed E-state index contributed by atoms with van der Waals surface area (Å²) < 4.78 is 4.77. The standard InChI is InChI=1S/C10H15N3O2/c1-4-15-9(14)6-11-10-12-7(2)5-8(3)13-10/h5H,4,6H2,1-3H3,(H,11,12,13). The van der Waals surface area contributed by atoms with Crippen LogP contribution < -0.4 is 5.32 Å². The molecule has 0 bridgehead atoms. The Hall–Kier alpha value is -1.65. The molecule has 0 fully saturated rings. The molecule has 0 amide bonds. The van der Waals surface area contributed by atoms with Crippen molar-refractivity contribution >= 4 is 11.9 Å². The molecular formula is C10H15N3O2. The first-order valence-corrected chi connectivity index (χ1v) is 4.83. The molecule has 1 aromatic rings. The van der Waals surface area contributed by atoms with Gasteiger partial charge in [-0.15, -0.1) is 0 Å². The zero-order valence-electron chi connectivity index (χ0n) is 9.20. The molecule has 1 N–H and O–H groups in total. The van der Waals surface area contributed by atoms with Crippen LogP contribution in [-0.4, -0.2) is 29.1 Å². The first-order valence-electron chi connectivity index (χ1n) is 4.83. The average molecular weight is 209 g/mol. The fourth-order valence-corrected chi connectivity index (χ4v) is 1.17. The molecular weight excluding hydrogens is 194 g/mol. The molecule has 0 aromatic carbocycles. The third-order valence-electron chi connectivity index (χ3n) is 1.68. The Morgan fingerprint density at radius 3 is 2.53 bits per heavy atom. The summed E-state index contributed by atoms with van der Waals surface area (Å²) >= 11 is 0. The van der Waals surface area contributed by atoms with Crippen molar-refractivity contribution in [3.05, 3.63) is 17.5 Å². The number of carbonyl (C=O) groups excluding carboxylic acids is 1. The Morgan fingerprint density at radius 1 is 1.40 bits per heavy atom. The molecule has 1 heterocycles. The summed E-state index contributed by atoms with van der Waals surface area (Å²) in [7, 11) is 0. The van der Waals surface area contributed by atoms with Crippen LogP contribution in [-0.2, 0) is 9.53 Å². The van der Waals surface area contributed by atoms with Crippen molar-refractivity contribution in [2.75, 3.05) is 18.5 Å². The number of nitrogens with zero attached hydrogens (tertiary/aromatic N) is 2. The Kier molecular flexibility index (Phi) is 4.03. The maximum Gasteiger partial charge on any atom is 0.325 e. The van der Waals surface area contributed by atoms with Gasteiger partial charge in [-0.25, -0.2) is 9.97 Å². The lowest BCUT2D eigenvalue weighted by molar-refractivity contribution is -0.140. The van der Waals surface area contributed by atoms with Gasteiger partial charge < -0.3 is 10.1 Å². The number of anilines is 1. The van der Waals surface area contributed by atoms with E-state index in [9.17, 15) is 4.79 Å². The lowest BCUT2D eigenvalue weighted by Gasteiger charge is -2.05. The van der Waals surface area contributed by atoms with Crippen LogP contribution >= 0.6 is 0 Å². The zero-order chi connectivity index (χ0) is 11.3. The van der Waals surface area contributed by atoms with Gasteiger partial charge in [0.2, 0.25) is 5.95 Å². The lowest BCUT2D eigenvalue weighted by Crippen LogP contribution is -2.18. The van der Waals surface area contributed by atoms with Crippen LogP contribution in [0.1, 0.15) is 18.3 Å². The van der Waals surface area contributed by atoms with Gasteiger partial charge in [0.15, 0.2) is 0 Å². The van der Waals surface area contributed by atoms with Gasteiger partial charge in [-0.3, -0.25) is 4.79 Å². The second-order valence-electron chi connectivity index (χ2n) is 3.13. The number of hydrogen-bond acceptors (Lipinski definition) is 5. The van der Waals surface area contributed by atoms with E-state index in [1.165, 1.54) is 0 Å². The van der Waals surface area contributed by atoms with Crippen LogP contribution in [0.15, 0.2) is 6.07 Å². The molecule has 15 heavy (non-hydrogen) atoms. The second kappa shape index (κ2) is 5.29. The van der Waals surface area contributed by atoms with Gasteiger partial charge in [0.05, 0.1) is 6.61 Å². The van der Waals surface area contributed by atoms with E-state index in [4.69, 9.17) is 4.74 Å². The van der Waals surface area contributed by atoms with Gasteiger partial charge >= 0.3 is 5.97 Å². The molecule has 1 rings (SSSR count). The van der Waals surface area contributed by atoms with Gasteiger partial charge in [-0.1, -0.05) is 0 Å². The van der Waals surface area contributed by atoms with E-state index in [0.29, 0.717) is 12.6 Å². The van der Waals surface area contributed by atoms with E-state index < -0.39 is 0 Å². The number of ether oxygens (including phenoxy) is 1. The first kappa shape index (κ1) is 11.4. The van der Waals surface area contributed by atoms with Gasteiger partial charge in [0.25, 0.3) is 0 Å². The highest BCUT2D eigenvalue weighted by Gasteiger charge is 2.03. The largest absolute Gasteiger partial charge is 0.465 e. The summed E-state index contributed by atoms with van der Waals surface area (Å²) in [6.07, 6.45) is 0. The van der Waals surface area contributed by atoms with E-state index in [2.05, 4.69) is 15.3 Å². The van der Waals surface area contributed by atoms with E-state index >= 15 is 0 Å². The summed E-state index contributed by atoms with van der Waals surface area (Å²) in [6.45, 7) is 6.00. The SMILES string of the molecule is CCOC(=O)CNc1nc(C)cc(C)n1. The number of rotatable bonds is 4. The summed E-state index contributed by atoms with van der Waals surface area (Å²) in [4.78, 5) is 19.3. The van der Waals surface area contributed by atoms with Crippen molar-refractivity contribution in [2.45, 2.75) is 20.8 Å². The highest BCUT2D eigenvalue weighted by molar-refractivity contribution is 5.74. The Balaban J connectivity index is 2.54. The molecule has 0 radical (unpaired) electrons. The van der Waals surface area contributed by atoms with Crippen molar-refractivity contribution in [1.29, 1.82) is 0 Å². The maximum atomic E-state index is 11.0. The number of carbonyl (C=O) groups is 1. The predicted molar refractivity (Wildman–Crippen MR) is 56.6 cm³/mol. The number of hydrogen-bond donors (Lipinski definition) is 1. The van der Waals surface area contributed by atoms with E-state index in [1.54, 1.807) is 6.92 Å². The zero-order valence-corrected chi connectivity index (χ0v) is 9.20. The molecule has 82 valence electrons. The topological polar surface area (TPSA) is 64.1 Å². The van der Waals surface area contributed by atoms with E-state index in [1.807, 2.05) is 19.9 Å². The fourth-order valence-electron chi connectivity index (χ4n) is 1.17. The van der Waals surface area contributed by atoms with Crippen LogP contribution in [0.3, 0.4) is 0 Å². The monoisotopic (exact) mass is 209 g/mol. The molecule has 0 saturated heterocycles. The molecule has 0 aliphatic rings. The minimum absolute atomic E-state index is 0.0940.